The van der Waals surface area contributed by atoms with E-state index >= 15 is 0 Å². The van der Waals surface area contributed by atoms with Gasteiger partial charge in [0.1, 0.15) is 0 Å². The molecule has 0 aliphatic heterocycles. The molecule has 1 aromatic rings. The zero-order valence-corrected chi connectivity index (χ0v) is 9.51. The van der Waals surface area contributed by atoms with Gasteiger partial charge in [0.25, 0.3) is 0 Å². The number of benzene rings is 1. The molecule has 0 aromatic heterocycles. The monoisotopic (exact) mass is 237 g/mol. The molecule has 0 unspecified atom stereocenters. The number of nitrogen functional groups attached to an aromatic ring is 1. The molecule has 0 aliphatic carbocycles. The topological polar surface area (TPSA) is 110 Å². The molecule has 92 valence electrons. The highest BCUT2D eigenvalue weighted by Crippen LogP contribution is 2.18. The van der Waals surface area contributed by atoms with Crippen molar-refractivity contribution >= 4 is 17.6 Å². The summed E-state index contributed by atoms with van der Waals surface area (Å²) in [5.74, 6) is -1.54. The summed E-state index contributed by atoms with van der Waals surface area (Å²) in [6.07, 6.45) is 0. The third kappa shape index (κ3) is 3.46. The van der Waals surface area contributed by atoms with Gasteiger partial charge in [0.15, 0.2) is 0 Å². The van der Waals surface area contributed by atoms with Gasteiger partial charge in [-0.3, -0.25) is 9.69 Å². The molecular formula is C11H15N3O3. The molecule has 1 aromatic carbocycles. The van der Waals surface area contributed by atoms with Crippen LogP contribution in [0.5, 0.6) is 0 Å². The molecule has 6 heteroatoms. The molecule has 0 spiro atoms. The first-order chi connectivity index (χ1) is 7.91. The number of nitrogens with zero attached hydrogens (tertiary/aromatic N) is 1. The molecule has 0 radical (unpaired) electrons. The van der Waals surface area contributed by atoms with Crippen LogP contribution >= 0.6 is 0 Å². The average Bonchev–Trinajstić information content (AvgIpc) is 2.15. The van der Waals surface area contributed by atoms with Crippen LogP contribution in [0.3, 0.4) is 0 Å². The van der Waals surface area contributed by atoms with E-state index in [1.807, 2.05) is 0 Å². The average molecular weight is 237 g/mol. The van der Waals surface area contributed by atoms with Crippen molar-refractivity contribution in [3.05, 3.63) is 29.3 Å². The van der Waals surface area contributed by atoms with Crippen LogP contribution in [0, 0.1) is 0 Å². The van der Waals surface area contributed by atoms with Gasteiger partial charge in [-0.2, -0.15) is 0 Å². The Hall–Kier alpha value is -2.08. The second-order valence-corrected chi connectivity index (χ2v) is 3.83. The van der Waals surface area contributed by atoms with E-state index in [1.54, 1.807) is 24.1 Å². The van der Waals surface area contributed by atoms with Crippen molar-refractivity contribution in [3.8, 4) is 0 Å². The molecule has 1 amide bonds. The minimum absolute atomic E-state index is 0.0634. The van der Waals surface area contributed by atoms with Crippen LogP contribution in [0.15, 0.2) is 18.2 Å². The second kappa shape index (κ2) is 5.31. The SMILES string of the molecule is CN(CC(N)=O)Cc1cccc(N)c1C(=O)O. The van der Waals surface area contributed by atoms with E-state index in [0.29, 0.717) is 12.1 Å². The van der Waals surface area contributed by atoms with Crippen LogP contribution in [-0.2, 0) is 11.3 Å². The van der Waals surface area contributed by atoms with Crippen molar-refractivity contribution in [2.24, 2.45) is 5.73 Å². The van der Waals surface area contributed by atoms with Gasteiger partial charge >= 0.3 is 5.97 Å². The van der Waals surface area contributed by atoms with E-state index < -0.39 is 11.9 Å². The Balaban J connectivity index is 2.94. The zero-order valence-electron chi connectivity index (χ0n) is 9.51. The van der Waals surface area contributed by atoms with Crippen LogP contribution in [-0.4, -0.2) is 35.5 Å². The van der Waals surface area contributed by atoms with Crippen molar-refractivity contribution in [3.63, 3.8) is 0 Å². The standard InChI is InChI=1S/C11H15N3O3/c1-14(6-9(13)15)5-7-3-2-4-8(12)10(7)11(16)17/h2-4H,5-6,12H2,1H3,(H2,13,15)(H,16,17). The third-order valence-electron chi connectivity index (χ3n) is 2.26. The van der Waals surface area contributed by atoms with E-state index in [1.165, 1.54) is 6.07 Å². The number of carboxylic acid groups (broad SMARTS) is 1. The first-order valence-electron chi connectivity index (χ1n) is 4.99. The second-order valence-electron chi connectivity index (χ2n) is 3.83. The van der Waals surface area contributed by atoms with E-state index in [0.717, 1.165) is 0 Å². The van der Waals surface area contributed by atoms with E-state index in [4.69, 9.17) is 16.6 Å². The summed E-state index contributed by atoms with van der Waals surface area (Å²) >= 11 is 0. The maximum atomic E-state index is 11.1. The van der Waals surface area contributed by atoms with Crippen molar-refractivity contribution in [2.45, 2.75) is 6.54 Å². The highest BCUT2D eigenvalue weighted by atomic mass is 16.4. The molecule has 1 rings (SSSR count). The molecule has 0 atom stereocenters. The number of carbonyl (C=O) groups excluding carboxylic acids is 1. The van der Waals surface area contributed by atoms with Crippen LogP contribution in [0.25, 0.3) is 0 Å². The normalized spacial score (nSPS) is 10.5. The molecule has 0 aliphatic rings. The highest BCUT2D eigenvalue weighted by molar-refractivity contribution is 5.95. The Morgan fingerprint density at radius 3 is 2.59 bits per heavy atom. The zero-order chi connectivity index (χ0) is 13.0. The Bertz CT molecular complexity index is 446. The minimum atomic E-state index is -1.08. The van der Waals surface area contributed by atoms with Crippen molar-refractivity contribution in [2.75, 3.05) is 19.3 Å². The van der Waals surface area contributed by atoms with E-state index in [-0.39, 0.29) is 17.8 Å². The number of anilines is 1. The van der Waals surface area contributed by atoms with Gasteiger partial charge in [-0.25, -0.2) is 4.79 Å². The van der Waals surface area contributed by atoms with E-state index in [2.05, 4.69) is 0 Å². The molecule has 0 saturated carbocycles. The maximum absolute atomic E-state index is 11.1. The van der Waals surface area contributed by atoms with Crippen LogP contribution < -0.4 is 11.5 Å². The van der Waals surface area contributed by atoms with Gasteiger partial charge in [-0.1, -0.05) is 12.1 Å². The Morgan fingerprint density at radius 2 is 2.06 bits per heavy atom. The predicted molar refractivity (Wildman–Crippen MR) is 63.3 cm³/mol. The maximum Gasteiger partial charge on any atom is 0.338 e. The fraction of sp³-hybridized carbons (Fsp3) is 0.273. The van der Waals surface area contributed by atoms with Crippen LogP contribution in [0.2, 0.25) is 0 Å². The first kappa shape index (κ1) is 13.0. The summed E-state index contributed by atoms with van der Waals surface area (Å²) in [5.41, 5.74) is 11.5. The lowest BCUT2D eigenvalue weighted by molar-refractivity contribution is -0.118. The molecule has 5 N–H and O–H groups in total. The number of carboxylic acids is 1. The molecule has 0 fully saturated rings. The number of hydrogen-bond donors (Lipinski definition) is 3. The van der Waals surface area contributed by atoms with E-state index in [9.17, 15) is 9.59 Å². The summed E-state index contributed by atoms with van der Waals surface area (Å²) in [6, 6.07) is 4.87. The highest BCUT2D eigenvalue weighted by Gasteiger charge is 2.15. The molecule has 0 saturated heterocycles. The third-order valence-corrected chi connectivity index (χ3v) is 2.26. The number of rotatable bonds is 5. The summed E-state index contributed by atoms with van der Waals surface area (Å²) in [6.45, 7) is 0.365. The summed E-state index contributed by atoms with van der Waals surface area (Å²) in [5, 5.41) is 9.05. The van der Waals surface area contributed by atoms with Crippen molar-refractivity contribution in [1.82, 2.24) is 4.90 Å². The molecular weight excluding hydrogens is 222 g/mol. The van der Waals surface area contributed by atoms with Gasteiger partial charge in [0, 0.05) is 12.2 Å². The predicted octanol–water partition coefficient (Wildman–Crippen LogP) is -0.116. The quantitative estimate of drug-likeness (QED) is 0.619. The largest absolute Gasteiger partial charge is 0.478 e. The Morgan fingerprint density at radius 1 is 1.41 bits per heavy atom. The van der Waals surface area contributed by atoms with Crippen molar-refractivity contribution in [1.29, 1.82) is 0 Å². The number of amides is 1. The number of carbonyl (C=O) groups is 2. The summed E-state index contributed by atoms with van der Waals surface area (Å²) in [7, 11) is 1.68. The fourth-order valence-corrected chi connectivity index (χ4v) is 1.63. The lowest BCUT2D eigenvalue weighted by Crippen LogP contribution is -2.30. The van der Waals surface area contributed by atoms with Crippen LogP contribution in [0.1, 0.15) is 15.9 Å². The Kier molecular flexibility index (Phi) is 4.06. The number of aromatic carboxylic acids is 1. The fourth-order valence-electron chi connectivity index (χ4n) is 1.63. The van der Waals surface area contributed by atoms with Gasteiger partial charge in [-0.05, 0) is 18.7 Å². The molecule has 0 heterocycles. The van der Waals surface area contributed by atoms with Gasteiger partial charge in [0.05, 0.1) is 12.1 Å². The molecule has 0 bridgehead atoms. The summed E-state index contributed by atoms with van der Waals surface area (Å²) in [4.78, 5) is 23.4. The molecule has 17 heavy (non-hydrogen) atoms. The smallest absolute Gasteiger partial charge is 0.338 e. The first-order valence-corrected chi connectivity index (χ1v) is 4.99. The van der Waals surface area contributed by atoms with Crippen LogP contribution in [0.4, 0.5) is 5.69 Å². The number of likely N-dealkylation sites (N-methyl/N-ethyl adjacent to an activating group) is 1. The summed E-state index contributed by atoms with van der Waals surface area (Å²) < 4.78 is 0. The lowest BCUT2D eigenvalue weighted by atomic mass is 10.1. The minimum Gasteiger partial charge on any atom is -0.478 e. The number of nitrogens with two attached hydrogens (primary N) is 2. The van der Waals surface area contributed by atoms with Gasteiger partial charge in [0.2, 0.25) is 5.91 Å². The van der Waals surface area contributed by atoms with Gasteiger partial charge < -0.3 is 16.6 Å². The number of hydrogen-bond acceptors (Lipinski definition) is 4. The molecule has 6 nitrogen and oxygen atoms in total. The van der Waals surface area contributed by atoms with Crippen molar-refractivity contribution < 1.29 is 14.7 Å². The number of primary amides is 1. The van der Waals surface area contributed by atoms with Gasteiger partial charge in [-0.15, -0.1) is 0 Å². The lowest BCUT2D eigenvalue weighted by Gasteiger charge is -2.16. The Labute approximate surface area is 98.8 Å².